The van der Waals surface area contributed by atoms with E-state index in [1.807, 2.05) is 0 Å². The van der Waals surface area contributed by atoms with Gasteiger partial charge in [-0.1, -0.05) is 0 Å². The lowest BCUT2D eigenvalue weighted by atomic mass is 9.98. The monoisotopic (exact) mass is 238 g/mol. The molecule has 0 bridgehead atoms. The number of H-pyrrole nitrogens is 1. The minimum atomic E-state index is -0.556. The van der Waals surface area contributed by atoms with Crippen LogP contribution < -0.4 is 5.56 Å². The third kappa shape index (κ3) is 2.43. The fourth-order valence-corrected chi connectivity index (χ4v) is 2.08. The predicted octanol–water partition coefficient (Wildman–Crippen LogP) is 1.84. The second-order valence-electron chi connectivity index (χ2n) is 5.39. The Hall–Kier alpha value is -1.52. The molecule has 5 heteroatoms. The minimum Gasteiger partial charge on any atom is -0.442 e. The summed E-state index contributed by atoms with van der Waals surface area (Å²) in [7, 11) is 0. The third-order valence-corrected chi connectivity index (χ3v) is 2.77. The number of aromatic amines is 1. The highest BCUT2D eigenvalue weighted by molar-refractivity contribution is 5.71. The van der Waals surface area contributed by atoms with Crippen molar-refractivity contribution in [3.8, 4) is 0 Å². The molecule has 5 nitrogen and oxygen atoms in total. The standard InChI is InChI=1S/C12H18N2O3/c1-12(2,3)17-11(16)14-9-7-5-4-6-8(9)10(15)13-14/h4-7H2,1-3H3,(H,13,15). The van der Waals surface area contributed by atoms with E-state index in [-0.39, 0.29) is 5.56 Å². The third-order valence-electron chi connectivity index (χ3n) is 2.77. The molecule has 0 aromatic carbocycles. The number of rotatable bonds is 0. The number of hydrogen-bond acceptors (Lipinski definition) is 3. The van der Waals surface area contributed by atoms with Crippen LogP contribution in [0.25, 0.3) is 0 Å². The molecule has 0 fully saturated rings. The van der Waals surface area contributed by atoms with Crippen molar-refractivity contribution in [3.05, 3.63) is 21.6 Å². The Morgan fingerprint density at radius 1 is 1.29 bits per heavy atom. The molecule has 17 heavy (non-hydrogen) atoms. The van der Waals surface area contributed by atoms with Gasteiger partial charge in [0.1, 0.15) is 5.60 Å². The number of carbonyl (C=O) groups is 1. The average Bonchev–Trinajstić information content (AvgIpc) is 2.55. The van der Waals surface area contributed by atoms with Crippen molar-refractivity contribution in [1.29, 1.82) is 0 Å². The number of nitrogens with zero attached hydrogens (tertiary/aromatic N) is 1. The maximum absolute atomic E-state index is 11.9. The summed E-state index contributed by atoms with van der Waals surface area (Å²) in [5.41, 5.74) is 0.808. The van der Waals surface area contributed by atoms with Gasteiger partial charge in [0.25, 0.3) is 5.56 Å². The van der Waals surface area contributed by atoms with Crippen LogP contribution in [-0.4, -0.2) is 21.5 Å². The van der Waals surface area contributed by atoms with E-state index in [9.17, 15) is 9.59 Å². The van der Waals surface area contributed by atoms with Crippen molar-refractivity contribution in [3.63, 3.8) is 0 Å². The molecule has 0 spiro atoms. The van der Waals surface area contributed by atoms with Crippen molar-refractivity contribution in [2.75, 3.05) is 0 Å². The van der Waals surface area contributed by atoms with Gasteiger partial charge in [0, 0.05) is 5.56 Å². The number of nitrogens with one attached hydrogen (secondary N) is 1. The van der Waals surface area contributed by atoms with Crippen LogP contribution in [-0.2, 0) is 17.6 Å². The largest absolute Gasteiger partial charge is 0.442 e. The van der Waals surface area contributed by atoms with E-state index in [4.69, 9.17) is 4.74 Å². The highest BCUT2D eigenvalue weighted by Gasteiger charge is 2.25. The lowest BCUT2D eigenvalue weighted by Gasteiger charge is -2.20. The molecule has 1 N–H and O–H groups in total. The van der Waals surface area contributed by atoms with Crippen molar-refractivity contribution in [1.82, 2.24) is 9.78 Å². The van der Waals surface area contributed by atoms with Gasteiger partial charge in [-0.3, -0.25) is 9.89 Å². The summed E-state index contributed by atoms with van der Waals surface area (Å²) in [5.74, 6) is 0. The topological polar surface area (TPSA) is 64.1 Å². The van der Waals surface area contributed by atoms with Crippen molar-refractivity contribution in [2.24, 2.45) is 0 Å². The van der Waals surface area contributed by atoms with E-state index < -0.39 is 11.7 Å². The van der Waals surface area contributed by atoms with Crippen LogP contribution in [0.15, 0.2) is 4.79 Å². The molecule has 0 saturated carbocycles. The number of fused-ring (bicyclic) bond motifs is 1. The van der Waals surface area contributed by atoms with Gasteiger partial charge in [0.15, 0.2) is 0 Å². The summed E-state index contributed by atoms with van der Waals surface area (Å²) in [6.45, 7) is 5.41. The zero-order valence-electron chi connectivity index (χ0n) is 10.5. The smallest absolute Gasteiger partial charge is 0.433 e. The minimum absolute atomic E-state index is 0.162. The Balaban J connectivity index is 2.33. The van der Waals surface area contributed by atoms with Gasteiger partial charge in [-0.05, 0) is 46.5 Å². The van der Waals surface area contributed by atoms with Crippen LogP contribution in [0, 0.1) is 0 Å². The van der Waals surface area contributed by atoms with Crippen LogP contribution in [0.1, 0.15) is 44.9 Å². The van der Waals surface area contributed by atoms with E-state index >= 15 is 0 Å². The van der Waals surface area contributed by atoms with Crippen LogP contribution >= 0.6 is 0 Å². The molecule has 1 heterocycles. The summed E-state index contributed by atoms with van der Waals surface area (Å²) < 4.78 is 6.52. The molecule has 0 aliphatic heterocycles. The molecular formula is C12H18N2O3. The molecular weight excluding hydrogens is 220 g/mol. The number of carbonyl (C=O) groups excluding carboxylic acids is 1. The van der Waals surface area contributed by atoms with Crippen LogP contribution in [0.3, 0.4) is 0 Å². The summed E-state index contributed by atoms with van der Waals surface area (Å²) in [6.07, 6.45) is 3.02. The summed E-state index contributed by atoms with van der Waals surface area (Å²) in [4.78, 5) is 23.6. The van der Waals surface area contributed by atoms with Gasteiger partial charge in [-0.2, -0.15) is 4.68 Å². The van der Waals surface area contributed by atoms with E-state index in [0.29, 0.717) is 0 Å². The SMILES string of the molecule is CC(C)(C)OC(=O)n1[nH]c(=O)c2c1CCCC2. The quantitative estimate of drug-likeness (QED) is 0.750. The summed E-state index contributed by atoms with van der Waals surface area (Å²) in [5, 5.41) is 2.56. The van der Waals surface area contributed by atoms with Crippen LogP contribution in [0.4, 0.5) is 4.79 Å². The molecule has 94 valence electrons. The normalized spacial score (nSPS) is 15.5. The number of hydrogen-bond donors (Lipinski definition) is 1. The lowest BCUT2D eigenvalue weighted by molar-refractivity contribution is 0.0508. The number of ether oxygens (including phenoxy) is 1. The van der Waals surface area contributed by atoms with E-state index in [1.165, 1.54) is 4.68 Å². The molecule has 0 amide bonds. The van der Waals surface area contributed by atoms with Crippen LogP contribution in [0.5, 0.6) is 0 Å². The van der Waals surface area contributed by atoms with Gasteiger partial charge in [-0.15, -0.1) is 0 Å². The number of aromatic nitrogens is 2. The highest BCUT2D eigenvalue weighted by Crippen LogP contribution is 2.19. The molecule has 1 aromatic heterocycles. The molecule has 0 radical (unpaired) electrons. The Bertz CT molecular complexity index is 491. The Kier molecular flexibility index (Phi) is 2.85. The molecule has 0 saturated heterocycles. The lowest BCUT2D eigenvalue weighted by Crippen LogP contribution is -2.29. The first kappa shape index (κ1) is 12.0. The van der Waals surface area contributed by atoms with E-state index in [2.05, 4.69) is 5.10 Å². The first-order valence-corrected chi connectivity index (χ1v) is 5.94. The van der Waals surface area contributed by atoms with Crippen molar-refractivity contribution < 1.29 is 9.53 Å². The molecule has 0 unspecified atom stereocenters. The van der Waals surface area contributed by atoms with E-state index in [0.717, 1.165) is 36.9 Å². The van der Waals surface area contributed by atoms with Gasteiger partial charge in [-0.25, -0.2) is 4.79 Å². The average molecular weight is 238 g/mol. The molecule has 1 aliphatic carbocycles. The van der Waals surface area contributed by atoms with Crippen molar-refractivity contribution >= 4 is 6.09 Å². The zero-order chi connectivity index (χ0) is 12.6. The molecule has 1 aliphatic rings. The summed E-state index contributed by atoms with van der Waals surface area (Å²) in [6, 6.07) is 0. The molecule has 0 atom stereocenters. The fourth-order valence-electron chi connectivity index (χ4n) is 2.08. The second kappa shape index (κ2) is 4.05. The summed E-state index contributed by atoms with van der Waals surface area (Å²) >= 11 is 0. The maximum atomic E-state index is 11.9. The van der Waals surface area contributed by atoms with Gasteiger partial charge in [0.05, 0.1) is 5.69 Å². The Morgan fingerprint density at radius 3 is 2.59 bits per heavy atom. The van der Waals surface area contributed by atoms with Gasteiger partial charge < -0.3 is 4.74 Å². The zero-order valence-corrected chi connectivity index (χ0v) is 10.5. The Labute approximate surface area is 99.8 Å². The first-order chi connectivity index (χ1) is 7.88. The van der Waals surface area contributed by atoms with Crippen molar-refractivity contribution in [2.45, 2.75) is 52.1 Å². The van der Waals surface area contributed by atoms with E-state index in [1.54, 1.807) is 20.8 Å². The van der Waals surface area contributed by atoms with Gasteiger partial charge >= 0.3 is 6.09 Å². The predicted molar refractivity (Wildman–Crippen MR) is 63.3 cm³/mol. The molecule has 2 rings (SSSR count). The maximum Gasteiger partial charge on any atom is 0.433 e. The Morgan fingerprint density at radius 2 is 1.94 bits per heavy atom. The molecule has 1 aromatic rings. The fraction of sp³-hybridized carbons (Fsp3) is 0.667. The first-order valence-electron chi connectivity index (χ1n) is 5.94. The van der Waals surface area contributed by atoms with Gasteiger partial charge in [0.2, 0.25) is 0 Å². The highest BCUT2D eigenvalue weighted by atomic mass is 16.6. The second-order valence-corrected chi connectivity index (χ2v) is 5.39. The van der Waals surface area contributed by atoms with Crippen LogP contribution in [0.2, 0.25) is 0 Å².